The van der Waals surface area contributed by atoms with Gasteiger partial charge in [-0.05, 0) is 32.1 Å². The Morgan fingerprint density at radius 2 is 1.33 bits per heavy atom. The summed E-state index contributed by atoms with van der Waals surface area (Å²) in [6, 6.07) is 1.53. The molecule has 88 valence electrons. The maximum atomic E-state index is 5.50. The zero-order valence-electron chi connectivity index (χ0n) is 9.84. The lowest BCUT2D eigenvalue weighted by molar-refractivity contribution is 0.142. The van der Waals surface area contributed by atoms with Gasteiger partial charge in [-0.3, -0.25) is 0 Å². The Morgan fingerprint density at radius 1 is 0.667 bits per heavy atom. The summed E-state index contributed by atoms with van der Waals surface area (Å²) in [5.41, 5.74) is 0. The molecule has 0 aromatic rings. The summed E-state index contributed by atoms with van der Waals surface area (Å²) in [7, 11) is 0. The van der Waals surface area contributed by atoms with Gasteiger partial charge in [-0.25, -0.2) is 0 Å². The summed E-state index contributed by atoms with van der Waals surface area (Å²) in [6.45, 7) is 1.94. The molecule has 2 heteroatoms. The van der Waals surface area contributed by atoms with Crippen LogP contribution in [-0.4, -0.2) is 25.3 Å². The molecule has 2 fully saturated rings. The van der Waals surface area contributed by atoms with Crippen LogP contribution in [0, 0.1) is 0 Å². The van der Waals surface area contributed by atoms with Crippen molar-refractivity contribution < 1.29 is 4.74 Å². The normalized spacial score (nSPS) is 30.8. The highest BCUT2D eigenvalue weighted by Gasteiger charge is 2.18. The Kier molecular flexibility index (Phi) is 4.94. The molecular formula is C13H25NO. The monoisotopic (exact) mass is 211 g/mol. The first-order chi connectivity index (χ1) is 7.45. The molecule has 0 radical (unpaired) electrons. The summed E-state index contributed by atoms with van der Waals surface area (Å²) in [6.07, 6.45) is 12.3. The van der Waals surface area contributed by atoms with Crippen molar-refractivity contribution in [2.45, 2.75) is 69.9 Å². The molecule has 15 heavy (non-hydrogen) atoms. The van der Waals surface area contributed by atoms with Crippen molar-refractivity contribution in [3.05, 3.63) is 0 Å². The summed E-state index contributed by atoms with van der Waals surface area (Å²) in [4.78, 5) is 0. The topological polar surface area (TPSA) is 21.3 Å². The summed E-state index contributed by atoms with van der Waals surface area (Å²) in [5.74, 6) is 0. The van der Waals surface area contributed by atoms with Gasteiger partial charge in [-0.15, -0.1) is 0 Å². The minimum atomic E-state index is 0.732. The van der Waals surface area contributed by atoms with E-state index in [2.05, 4.69) is 5.32 Å². The third kappa shape index (κ3) is 4.12. The molecule has 1 unspecified atom stereocenters. The molecule has 1 aliphatic carbocycles. The molecule has 0 aromatic carbocycles. The molecule has 0 spiro atoms. The van der Waals surface area contributed by atoms with Crippen LogP contribution in [0.5, 0.6) is 0 Å². The highest BCUT2D eigenvalue weighted by Crippen LogP contribution is 2.19. The van der Waals surface area contributed by atoms with Crippen LogP contribution >= 0.6 is 0 Å². The Bertz CT molecular complexity index is 138. The maximum absolute atomic E-state index is 5.50. The fourth-order valence-corrected chi connectivity index (χ4v) is 2.85. The van der Waals surface area contributed by atoms with E-state index in [1.807, 2.05) is 0 Å². The molecule has 1 heterocycles. The summed E-state index contributed by atoms with van der Waals surface area (Å²) >= 11 is 0. The van der Waals surface area contributed by atoms with Gasteiger partial charge in [0.15, 0.2) is 0 Å². The van der Waals surface area contributed by atoms with Gasteiger partial charge in [0.05, 0.1) is 0 Å². The van der Waals surface area contributed by atoms with Gasteiger partial charge < -0.3 is 10.1 Å². The molecule has 1 atom stereocenters. The van der Waals surface area contributed by atoms with E-state index >= 15 is 0 Å². The second-order valence-electron chi connectivity index (χ2n) is 5.10. The molecule has 2 aliphatic rings. The van der Waals surface area contributed by atoms with Crippen LogP contribution in [0.4, 0.5) is 0 Å². The fraction of sp³-hybridized carbons (Fsp3) is 1.00. The predicted molar refractivity (Wildman–Crippen MR) is 63.1 cm³/mol. The van der Waals surface area contributed by atoms with E-state index in [-0.39, 0.29) is 0 Å². The van der Waals surface area contributed by atoms with Crippen LogP contribution in [0.3, 0.4) is 0 Å². The Balaban J connectivity index is 1.73. The SMILES string of the molecule is C1CCCC(NC2CCCOCC2)CC1. The highest BCUT2D eigenvalue weighted by molar-refractivity contribution is 4.77. The largest absolute Gasteiger partial charge is 0.381 e. The fourth-order valence-electron chi connectivity index (χ4n) is 2.85. The van der Waals surface area contributed by atoms with Crippen molar-refractivity contribution in [1.82, 2.24) is 5.32 Å². The first-order valence-corrected chi connectivity index (χ1v) is 6.79. The molecule has 1 N–H and O–H groups in total. The third-order valence-corrected chi connectivity index (χ3v) is 3.78. The lowest BCUT2D eigenvalue weighted by Gasteiger charge is -2.23. The van der Waals surface area contributed by atoms with Crippen LogP contribution in [0.15, 0.2) is 0 Å². The maximum Gasteiger partial charge on any atom is 0.0480 e. The number of ether oxygens (including phenoxy) is 1. The molecule has 0 aromatic heterocycles. The zero-order chi connectivity index (χ0) is 10.3. The molecule has 0 bridgehead atoms. The second kappa shape index (κ2) is 6.49. The van der Waals surface area contributed by atoms with Crippen LogP contribution < -0.4 is 5.32 Å². The number of nitrogens with one attached hydrogen (secondary N) is 1. The molecule has 1 saturated heterocycles. The van der Waals surface area contributed by atoms with E-state index in [1.165, 1.54) is 57.8 Å². The lowest BCUT2D eigenvalue weighted by Crippen LogP contribution is -2.38. The Labute approximate surface area is 93.8 Å². The van der Waals surface area contributed by atoms with Gasteiger partial charge in [0.25, 0.3) is 0 Å². The van der Waals surface area contributed by atoms with Gasteiger partial charge in [0.2, 0.25) is 0 Å². The first-order valence-electron chi connectivity index (χ1n) is 6.79. The average Bonchev–Trinajstić information content (AvgIpc) is 2.63. The van der Waals surface area contributed by atoms with Gasteiger partial charge in [-0.1, -0.05) is 25.7 Å². The number of hydrogen-bond acceptors (Lipinski definition) is 2. The van der Waals surface area contributed by atoms with Gasteiger partial charge in [0, 0.05) is 25.3 Å². The van der Waals surface area contributed by atoms with E-state index < -0.39 is 0 Å². The lowest BCUT2D eigenvalue weighted by atomic mass is 10.0. The number of hydrogen-bond donors (Lipinski definition) is 1. The smallest absolute Gasteiger partial charge is 0.0480 e. The van der Waals surface area contributed by atoms with E-state index in [0.29, 0.717) is 0 Å². The molecule has 2 nitrogen and oxygen atoms in total. The van der Waals surface area contributed by atoms with Gasteiger partial charge in [0.1, 0.15) is 0 Å². The summed E-state index contributed by atoms with van der Waals surface area (Å²) < 4.78 is 5.50. The molecular weight excluding hydrogens is 186 g/mol. The van der Waals surface area contributed by atoms with E-state index in [9.17, 15) is 0 Å². The predicted octanol–water partition coefficient (Wildman–Crippen LogP) is 2.87. The van der Waals surface area contributed by atoms with Gasteiger partial charge in [-0.2, -0.15) is 0 Å². The third-order valence-electron chi connectivity index (χ3n) is 3.78. The van der Waals surface area contributed by atoms with Crippen molar-refractivity contribution in [2.75, 3.05) is 13.2 Å². The second-order valence-corrected chi connectivity index (χ2v) is 5.10. The number of rotatable bonds is 2. The van der Waals surface area contributed by atoms with Crippen LogP contribution in [0.2, 0.25) is 0 Å². The van der Waals surface area contributed by atoms with Crippen molar-refractivity contribution in [3.8, 4) is 0 Å². The average molecular weight is 211 g/mol. The Morgan fingerprint density at radius 3 is 2.13 bits per heavy atom. The zero-order valence-corrected chi connectivity index (χ0v) is 9.84. The van der Waals surface area contributed by atoms with Crippen molar-refractivity contribution in [2.24, 2.45) is 0 Å². The minimum Gasteiger partial charge on any atom is -0.381 e. The van der Waals surface area contributed by atoms with Gasteiger partial charge >= 0.3 is 0 Å². The summed E-state index contributed by atoms with van der Waals surface area (Å²) in [5, 5.41) is 3.86. The van der Waals surface area contributed by atoms with Crippen LogP contribution in [-0.2, 0) is 4.74 Å². The Hall–Kier alpha value is -0.0800. The molecule has 2 rings (SSSR count). The van der Waals surface area contributed by atoms with Crippen molar-refractivity contribution in [3.63, 3.8) is 0 Å². The van der Waals surface area contributed by atoms with Crippen molar-refractivity contribution >= 4 is 0 Å². The van der Waals surface area contributed by atoms with Crippen LogP contribution in [0.1, 0.15) is 57.8 Å². The molecule has 1 aliphatic heterocycles. The van der Waals surface area contributed by atoms with Crippen LogP contribution in [0.25, 0.3) is 0 Å². The molecule has 1 saturated carbocycles. The first kappa shape index (κ1) is 11.4. The minimum absolute atomic E-state index is 0.732. The van der Waals surface area contributed by atoms with E-state index in [4.69, 9.17) is 4.74 Å². The standard InChI is InChI=1S/C13H25NO/c1-2-4-7-12(6-3-1)14-13-8-5-10-15-11-9-13/h12-14H,1-11H2. The van der Waals surface area contributed by atoms with Crippen molar-refractivity contribution in [1.29, 1.82) is 0 Å². The highest BCUT2D eigenvalue weighted by atomic mass is 16.5. The quantitative estimate of drug-likeness (QED) is 0.709. The van der Waals surface area contributed by atoms with E-state index in [1.54, 1.807) is 0 Å². The van der Waals surface area contributed by atoms with E-state index in [0.717, 1.165) is 25.3 Å². The molecule has 0 amide bonds.